The molecule has 3 saturated carbocycles. The molecule has 9 aromatic rings. The number of hydrogen-bond acceptors (Lipinski definition) is 13. The standard InChI is InChI=1S/C21H21NO3.C20H17N3O2.C13H13NO4.C11H14O3S.3CH4/c1-2-24-21(23)19-11-16(12-20-17(19)8-9-22-20)25-13-15-10-18(15)14-6-4-3-5-7-14;24-20-17-7-15(8-18-19(17)14(9-21-18)10-22-23-20)25-11-13-6-16(13)12-4-2-1-3-5-12;1-3-18-13(17)11-6-9(16)7-12-10(11)4-5-14(12)8(2)15;1-15(12,13)14-8-10-7-11(10)9-5-3-2-4-6-9;;;/h3-9,11-12,15,18,22H,2,10,13H2,1H3;1-5,7-10,13,16,21H,6,11H2,(H,23,24);4-7,16H,3H2,1-2H3;2-6,10-11H,7-8H2,1H3;3*1H4. The molecule has 86 heavy (non-hydrogen) atoms. The Balaban J connectivity index is 0.000000166. The van der Waals surface area contributed by atoms with E-state index < -0.39 is 16.1 Å². The van der Waals surface area contributed by atoms with Crippen LogP contribution < -0.4 is 14.9 Å². The third-order valence-corrected chi connectivity index (χ3v) is 15.6. The van der Waals surface area contributed by atoms with Crippen molar-refractivity contribution in [3.05, 3.63) is 197 Å². The molecule has 4 aliphatic rings. The highest BCUT2D eigenvalue weighted by atomic mass is 32.2. The van der Waals surface area contributed by atoms with Gasteiger partial charge >= 0.3 is 11.9 Å². The van der Waals surface area contributed by atoms with Crippen molar-refractivity contribution in [1.29, 1.82) is 0 Å². The number of phenolic OH excluding ortho intramolecular Hbond substituents is 1. The maximum Gasteiger partial charge on any atom is 0.338 e. The van der Waals surface area contributed by atoms with Crippen molar-refractivity contribution < 1.29 is 55.8 Å². The van der Waals surface area contributed by atoms with Crippen molar-refractivity contribution in [1.82, 2.24) is 20.0 Å². The van der Waals surface area contributed by atoms with E-state index >= 15 is 0 Å². The molecule has 0 bridgehead atoms. The number of aromatic amines is 2. The van der Waals surface area contributed by atoms with Gasteiger partial charge < -0.3 is 34.0 Å². The van der Waals surface area contributed by atoms with Crippen molar-refractivity contribution in [2.75, 3.05) is 39.3 Å². The molecule has 3 fully saturated rings. The van der Waals surface area contributed by atoms with Crippen LogP contribution in [0.5, 0.6) is 17.2 Å². The van der Waals surface area contributed by atoms with Crippen molar-refractivity contribution >= 4 is 72.8 Å². The van der Waals surface area contributed by atoms with Gasteiger partial charge in [-0.2, -0.15) is 13.5 Å². The Morgan fingerprint density at radius 2 is 1.15 bits per heavy atom. The van der Waals surface area contributed by atoms with Gasteiger partial charge in [-0.15, -0.1) is 0 Å². The average Bonchev–Trinajstić information content (AvgIpc) is 2.51. The van der Waals surface area contributed by atoms with E-state index in [9.17, 15) is 32.7 Å². The van der Waals surface area contributed by atoms with Crippen LogP contribution in [0, 0.1) is 17.8 Å². The quantitative estimate of drug-likeness (QED) is 0.0523. The molecule has 0 radical (unpaired) electrons. The summed E-state index contributed by atoms with van der Waals surface area (Å²) in [5, 5.41) is 15.9. The number of phenols is 1. The van der Waals surface area contributed by atoms with Crippen LogP contribution in [0.15, 0.2) is 163 Å². The zero-order valence-corrected chi connectivity index (χ0v) is 47.3. The number of hydrazone groups is 1. The van der Waals surface area contributed by atoms with E-state index in [0.29, 0.717) is 95.5 Å². The number of H-pyrrole nitrogens is 2. The summed E-state index contributed by atoms with van der Waals surface area (Å²) in [5.41, 5.74) is 11.1. The zero-order chi connectivity index (χ0) is 58.2. The Kier molecular flexibility index (Phi) is 21.6. The first kappa shape index (κ1) is 64.6. The normalized spacial score (nSPS) is 18.2. The third-order valence-electron chi connectivity index (χ3n) is 15.0. The molecular weight excluding hydrogens is 1110 g/mol. The number of rotatable bonds is 16. The molecule has 4 N–H and O–H groups in total. The van der Waals surface area contributed by atoms with Gasteiger partial charge in [0.2, 0.25) is 5.91 Å². The van der Waals surface area contributed by atoms with Crippen molar-refractivity contribution in [3.8, 4) is 17.2 Å². The van der Waals surface area contributed by atoms with Gasteiger partial charge in [0.25, 0.3) is 16.0 Å². The molecule has 452 valence electrons. The SMILES string of the molecule is C.C.C.CCOC(=O)c1cc(O)cc2c1ccn2C(C)=O.CCOC(=O)c1cc(OCC2CC2c2ccccc2)cc2[nH]ccc12.CS(=O)(=O)OCC1CC1c1ccccc1.O=C1NN=Cc2c[nH]c3cc(OCC4CC4c4ccccc4)cc1c23. The number of amides is 1. The number of ether oxygens (including phenoxy) is 4. The summed E-state index contributed by atoms with van der Waals surface area (Å²) in [4.78, 5) is 53.9. The molecule has 6 aromatic carbocycles. The Labute approximate surface area is 502 Å². The van der Waals surface area contributed by atoms with Gasteiger partial charge in [0.1, 0.15) is 17.2 Å². The lowest BCUT2D eigenvalue weighted by Crippen LogP contribution is -2.16. The molecule has 6 atom stereocenters. The molecule has 3 aromatic heterocycles. The van der Waals surface area contributed by atoms with Crippen LogP contribution in [0.1, 0.15) is 138 Å². The van der Waals surface area contributed by atoms with Crippen molar-refractivity contribution in [3.63, 3.8) is 0 Å². The van der Waals surface area contributed by atoms with Crippen LogP contribution in [0.25, 0.3) is 32.7 Å². The first-order valence-electron chi connectivity index (χ1n) is 27.7. The Bertz CT molecular complexity index is 3930. The number of esters is 2. The number of benzene rings is 6. The number of nitrogens with zero attached hydrogens (tertiary/aromatic N) is 2. The molecule has 0 saturated heterocycles. The number of carbonyl (C=O) groups excluding carboxylic acids is 4. The predicted octanol–water partition coefficient (Wildman–Crippen LogP) is 13.8. The van der Waals surface area contributed by atoms with E-state index in [1.807, 2.05) is 73.9 Å². The highest BCUT2D eigenvalue weighted by Crippen LogP contribution is 2.49. The highest BCUT2D eigenvalue weighted by molar-refractivity contribution is 7.86. The second kappa shape index (κ2) is 28.7. The molecule has 1 amide bonds. The molecular formula is C68H77N5O12S. The number of nitrogens with one attached hydrogen (secondary N) is 3. The zero-order valence-electron chi connectivity index (χ0n) is 46.5. The number of carbonyl (C=O) groups is 4. The van der Waals surface area contributed by atoms with Gasteiger partial charge in [0.15, 0.2) is 0 Å². The maximum atomic E-state index is 12.2. The van der Waals surface area contributed by atoms with Gasteiger partial charge in [-0.1, -0.05) is 113 Å². The highest BCUT2D eigenvalue weighted by Gasteiger charge is 2.40. The molecule has 17 nitrogen and oxygen atoms in total. The fourth-order valence-electron chi connectivity index (χ4n) is 10.6. The lowest BCUT2D eigenvalue weighted by atomic mass is 10.1. The minimum atomic E-state index is -3.28. The fourth-order valence-corrected chi connectivity index (χ4v) is 11.0. The van der Waals surface area contributed by atoms with Crippen LogP contribution in [0.3, 0.4) is 0 Å². The minimum absolute atomic E-state index is 0. The molecule has 18 heteroatoms. The van der Waals surface area contributed by atoms with Crippen molar-refractivity contribution in [2.24, 2.45) is 22.9 Å². The smallest absolute Gasteiger partial charge is 0.338 e. The van der Waals surface area contributed by atoms with Gasteiger partial charge in [-0.05, 0) is 104 Å². The van der Waals surface area contributed by atoms with E-state index in [1.165, 1.54) is 40.3 Å². The Morgan fingerprint density at radius 1 is 0.640 bits per heavy atom. The first-order chi connectivity index (χ1) is 40.2. The van der Waals surface area contributed by atoms with Crippen molar-refractivity contribution in [2.45, 2.75) is 80.1 Å². The summed E-state index contributed by atoms with van der Waals surface area (Å²) in [5.74, 6) is 3.20. The second-order valence-electron chi connectivity index (χ2n) is 21.0. The van der Waals surface area contributed by atoms with Crippen LogP contribution >= 0.6 is 0 Å². The molecule has 1 aliphatic heterocycles. The van der Waals surface area contributed by atoms with Gasteiger partial charge in [0.05, 0.1) is 73.2 Å². The molecule has 3 aliphatic carbocycles. The lowest BCUT2D eigenvalue weighted by molar-refractivity contribution is 0.0518. The molecule has 0 spiro atoms. The van der Waals surface area contributed by atoms with E-state index in [0.717, 1.165) is 52.9 Å². The largest absolute Gasteiger partial charge is 0.508 e. The van der Waals surface area contributed by atoms with Gasteiger partial charge in [0, 0.05) is 82.8 Å². The molecule has 4 heterocycles. The Morgan fingerprint density at radius 3 is 1.67 bits per heavy atom. The Hall–Kier alpha value is -9.00. The minimum Gasteiger partial charge on any atom is -0.508 e. The van der Waals surface area contributed by atoms with E-state index in [2.05, 4.69) is 81.2 Å². The summed E-state index contributed by atoms with van der Waals surface area (Å²) in [7, 11) is -3.28. The van der Waals surface area contributed by atoms with E-state index in [-0.39, 0.29) is 58.0 Å². The monoisotopic (exact) mass is 1190 g/mol. The fraction of sp³-hybridized carbons (Fsp3) is 0.309. The van der Waals surface area contributed by atoms with Crippen LogP contribution in [-0.2, 0) is 23.8 Å². The number of fused-ring (bicyclic) bond motifs is 2. The third kappa shape index (κ3) is 15.8. The summed E-state index contributed by atoms with van der Waals surface area (Å²) < 4.78 is 49.8. The number of hydrogen-bond donors (Lipinski definition) is 4. The maximum absolute atomic E-state index is 12.2. The van der Waals surface area contributed by atoms with Gasteiger partial charge in [-0.25, -0.2) is 15.0 Å². The van der Waals surface area contributed by atoms with Crippen LogP contribution in [0.2, 0.25) is 0 Å². The summed E-state index contributed by atoms with van der Waals surface area (Å²) in [6.07, 6.45) is 11.3. The summed E-state index contributed by atoms with van der Waals surface area (Å²) >= 11 is 0. The average molecular weight is 1190 g/mol. The first-order valence-corrected chi connectivity index (χ1v) is 29.5. The van der Waals surface area contributed by atoms with E-state index in [4.69, 9.17) is 23.1 Å². The lowest BCUT2D eigenvalue weighted by Gasteiger charge is -2.09. The van der Waals surface area contributed by atoms with E-state index in [1.54, 1.807) is 31.5 Å². The van der Waals surface area contributed by atoms with Crippen LogP contribution in [0.4, 0.5) is 0 Å². The van der Waals surface area contributed by atoms with Crippen LogP contribution in [-0.4, -0.2) is 97.3 Å². The molecule has 6 unspecified atom stereocenters. The van der Waals surface area contributed by atoms with Gasteiger partial charge in [-0.3, -0.25) is 18.3 Å². The molecule has 13 rings (SSSR count). The summed E-state index contributed by atoms with van der Waals surface area (Å²) in [6, 6.07) is 45.1. The number of aromatic nitrogens is 3. The number of aromatic hydroxyl groups is 1. The predicted molar refractivity (Wildman–Crippen MR) is 337 cm³/mol. The topological polar surface area (TPSA) is 230 Å². The summed E-state index contributed by atoms with van der Waals surface area (Å²) in [6.45, 7) is 7.18. The second-order valence-corrected chi connectivity index (χ2v) is 22.6.